The zero-order valence-corrected chi connectivity index (χ0v) is 12.4. The van der Waals surface area contributed by atoms with Gasteiger partial charge in [-0.3, -0.25) is 0 Å². The standard InChI is InChI=1S/C18H16N2O2/c1-12-8-9-14(10-13(12)2)17-16(18(21)22)11-20(19-17)15-6-4-3-5-7-15/h3-11H,1-2H3,(H,21,22). The highest BCUT2D eigenvalue weighted by atomic mass is 16.4. The summed E-state index contributed by atoms with van der Waals surface area (Å²) < 4.78 is 1.61. The van der Waals surface area contributed by atoms with Crippen LogP contribution in [0.15, 0.2) is 54.7 Å². The Labute approximate surface area is 128 Å². The lowest BCUT2D eigenvalue weighted by Gasteiger charge is -2.04. The van der Waals surface area contributed by atoms with Crippen LogP contribution in [0.1, 0.15) is 21.5 Å². The number of carboxylic acids is 1. The predicted octanol–water partition coefficient (Wildman–Crippen LogP) is 3.85. The average Bonchev–Trinajstić information content (AvgIpc) is 2.96. The van der Waals surface area contributed by atoms with Crippen molar-refractivity contribution >= 4 is 5.97 Å². The van der Waals surface area contributed by atoms with Crippen molar-refractivity contribution in [2.24, 2.45) is 0 Å². The van der Waals surface area contributed by atoms with Crippen molar-refractivity contribution in [3.8, 4) is 16.9 Å². The molecule has 0 fully saturated rings. The summed E-state index contributed by atoms with van der Waals surface area (Å²) in [6, 6.07) is 15.4. The molecule has 0 unspecified atom stereocenters. The summed E-state index contributed by atoms with van der Waals surface area (Å²) in [5.41, 5.74) is 4.62. The molecular weight excluding hydrogens is 276 g/mol. The number of aromatic carboxylic acids is 1. The minimum atomic E-state index is -0.976. The fraction of sp³-hybridized carbons (Fsp3) is 0.111. The van der Waals surface area contributed by atoms with Crippen LogP contribution in [0.3, 0.4) is 0 Å². The number of aromatic nitrogens is 2. The Kier molecular flexibility index (Phi) is 3.51. The lowest BCUT2D eigenvalue weighted by molar-refractivity contribution is 0.0697. The van der Waals surface area contributed by atoms with Crippen LogP contribution < -0.4 is 0 Å². The molecule has 3 aromatic rings. The van der Waals surface area contributed by atoms with Gasteiger partial charge in [-0.1, -0.05) is 30.3 Å². The predicted molar refractivity (Wildman–Crippen MR) is 85.4 cm³/mol. The number of aryl methyl sites for hydroxylation is 2. The molecule has 0 radical (unpaired) electrons. The van der Waals surface area contributed by atoms with Crippen molar-refractivity contribution in [2.75, 3.05) is 0 Å². The molecule has 110 valence electrons. The van der Waals surface area contributed by atoms with Crippen LogP contribution in [0, 0.1) is 13.8 Å². The van der Waals surface area contributed by atoms with Crippen molar-refractivity contribution in [3.05, 3.63) is 71.4 Å². The Hall–Kier alpha value is -2.88. The fourth-order valence-electron chi connectivity index (χ4n) is 2.35. The number of carboxylic acid groups (broad SMARTS) is 1. The molecule has 0 saturated carbocycles. The van der Waals surface area contributed by atoms with Gasteiger partial charge in [0.25, 0.3) is 0 Å². The first-order valence-electron chi connectivity index (χ1n) is 7.02. The average molecular weight is 292 g/mol. The van der Waals surface area contributed by atoms with E-state index in [1.54, 1.807) is 10.9 Å². The smallest absolute Gasteiger partial charge is 0.339 e. The Morgan fingerprint density at radius 3 is 2.41 bits per heavy atom. The summed E-state index contributed by atoms with van der Waals surface area (Å²) in [6.07, 6.45) is 1.56. The molecule has 1 heterocycles. The normalized spacial score (nSPS) is 10.6. The third kappa shape index (κ3) is 2.51. The van der Waals surface area contributed by atoms with Crippen molar-refractivity contribution in [1.82, 2.24) is 9.78 Å². The van der Waals surface area contributed by atoms with E-state index < -0.39 is 5.97 Å². The van der Waals surface area contributed by atoms with Crippen LogP contribution in [0.25, 0.3) is 16.9 Å². The Balaban J connectivity index is 2.16. The van der Waals surface area contributed by atoms with E-state index in [9.17, 15) is 9.90 Å². The molecule has 0 saturated heterocycles. The Bertz CT molecular complexity index is 836. The number of carbonyl (C=O) groups is 1. The number of rotatable bonds is 3. The second-order valence-corrected chi connectivity index (χ2v) is 5.28. The van der Waals surface area contributed by atoms with Gasteiger partial charge in [-0.25, -0.2) is 9.48 Å². The molecule has 4 heteroatoms. The Morgan fingerprint density at radius 1 is 1.05 bits per heavy atom. The topological polar surface area (TPSA) is 55.1 Å². The van der Waals surface area contributed by atoms with E-state index in [4.69, 9.17) is 0 Å². The van der Waals surface area contributed by atoms with E-state index >= 15 is 0 Å². The van der Waals surface area contributed by atoms with Crippen LogP contribution in [0.5, 0.6) is 0 Å². The van der Waals surface area contributed by atoms with E-state index in [1.807, 2.05) is 62.4 Å². The molecule has 0 aliphatic carbocycles. The highest BCUT2D eigenvalue weighted by molar-refractivity contribution is 5.94. The summed E-state index contributed by atoms with van der Waals surface area (Å²) in [7, 11) is 0. The summed E-state index contributed by atoms with van der Waals surface area (Å²) in [6.45, 7) is 4.03. The molecule has 3 rings (SSSR count). The summed E-state index contributed by atoms with van der Waals surface area (Å²) in [5, 5.41) is 13.9. The quantitative estimate of drug-likeness (QED) is 0.797. The molecule has 22 heavy (non-hydrogen) atoms. The molecule has 0 aliphatic rings. The lowest BCUT2D eigenvalue weighted by Crippen LogP contribution is -1.97. The molecule has 0 bridgehead atoms. The van der Waals surface area contributed by atoms with Gasteiger partial charge in [-0.15, -0.1) is 0 Å². The van der Waals surface area contributed by atoms with E-state index in [2.05, 4.69) is 5.10 Å². The van der Waals surface area contributed by atoms with Crippen molar-refractivity contribution < 1.29 is 9.90 Å². The van der Waals surface area contributed by atoms with E-state index in [-0.39, 0.29) is 5.56 Å². The van der Waals surface area contributed by atoms with E-state index in [0.29, 0.717) is 5.69 Å². The number of para-hydroxylation sites is 1. The van der Waals surface area contributed by atoms with Gasteiger partial charge in [0.15, 0.2) is 0 Å². The number of hydrogen-bond donors (Lipinski definition) is 1. The first kappa shape index (κ1) is 14.1. The minimum absolute atomic E-state index is 0.201. The van der Waals surface area contributed by atoms with Gasteiger partial charge < -0.3 is 5.11 Å². The molecule has 0 amide bonds. The second-order valence-electron chi connectivity index (χ2n) is 5.28. The van der Waals surface area contributed by atoms with Gasteiger partial charge >= 0.3 is 5.97 Å². The fourth-order valence-corrected chi connectivity index (χ4v) is 2.35. The largest absolute Gasteiger partial charge is 0.478 e. The zero-order valence-electron chi connectivity index (χ0n) is 12.4. The van der Waals surface area contributed by atoms with Crippen LogP contribution in [0.2, 0.25) is 0 Å². The second kappa shape index (κ2) is 5.48. The minimum Gasteiger partial charge on any atom is -0.478 e. The van der Waals surface area contributed by atoms with Gasteiger partial charge in [0.2, 0.25) is 0 Å². The number of nitrogens with zero attached hydrogens (tertiary/aromatic N) is 2. The third-order valence-corrected chi connectivity index (χ3v) is 3.75. The van der Waals surface area contributed by atoms with E-state index in [1.165, 1.54) is 5.56 Å². The summed E-state index contributed by atoms with van der Waals surface area (Å²) in [4.78, 5) is 11.5. The number of hydrogen-bond acceptors (Lipinski definition) is 2. The molecule has 1 aromatic heterocycles. The number of benzene rings is 2. The molecule has 0 spiro atoms. The zero-order chi connectivity index (χ0) is 15.7. The summed E-state index contributed by atoms with van der Waals surface area (Å²) in [5.74, 6) is -0.976. The summed E-state index contributed by atoms with van der Waals surface area (Å²) >= 11 is 0. The van der Waals surface area contributed by atoms with Crippen molar-refractivity contribution in [2.45, 2.75) is 13.8 Å². The third-order valence-electron chi connectivity index (χ3n) is 3.75. The first-order valence-corrected chi connectivity index (χ1v) is 7.02. The highest BCUT2D eigenvalue weighted by Crippen LogP contribution is 2.25. The van der Waals surface area contributed by atoms with Gasteiger partial charge in [-0.2, -0.15) is 5.10 Å². The molecule has 0 atom stereocenters. The Morgan fingerprint density at radius 2 is 1.77 bits per heavy atom. The highest BCUT2D eigenvalue weighted by Gasteiger charge is 2.18. The van der Waals surface area contributed by atoms with Crippen molar-refractivity contribution in [1.29, 1.82) is 0 Å². The molecular formula is C18H16N2O2. The van der Waals surface area contributed by atoms with Crippen LogP contribution in [-0.2, 0) is 0 Å². The molecule has 0 aliphatic heterocycles. The SMILES string of the molecule is Cc1ccc(-c2nn(-c3ccccc3)cc2C(=O)O)cc1C. The van der Waals surface area contributed by atoms with Gasteiger partial charge in [0, 0.05) is 11.8 Å². The van der Waals surface area contributed by atoms with Gasteiger partial charge in [-0.05, 0) is 43.2 Å². The maximum atomic E-state index is 11.5. The lowest BCUT2D eigenvalue weighted by atomic mass is 10.0. The maximum absolute atomic E-state index is 11.5. The monoisotopic (exact) mass is 292 g/mol. The molecule has 4 nitrogen and oxygen atoms in total. The van der Waals surface area contributed by atoms with Crippen LogP contribution >= 0.6 is 0 Å². The van der Waals surface area contributed by atoms with Gasteiger partial charge in [0.05, 0.1) is 5.69 Å². The molecule has 1 N–H and O–H groups in total. The molecule has 2 aromatic carbocycles. The van der Waals surface area contributed by atoms with Crippen molar-refractivity contribution in [3.63, 3.8) is 0 Å². The van der Waals surface area contributed by atoms with Crippen LogP contribution in [-0.4, -0.2) is 20.9 Å². The first-order chi connectivity index (χ1) is 10.6. The van der Waals surface area contributed by atoms with Crippen LogP contribution in [0.4, 0.5) is 0 Å². The maximum Gasteiger partial charge on any atom is 0.339 e. The van der Waals surface area contributed by atoms with E-state index in [0.717, 1.165) is 16.8 Å². The van der Waals surface area contributed by atoms with Gasteiger partial charge in [0.1, 0.15) is 11.3 Å².